The van der Waals surface area contributed by atoms with Gasteiger partial charge in [-0.1, -0.05) is 12.1 Å². The maximum Gasteiger partial charge on any atom is 0.416 e. The monoisotopic (exact) mass is 271 g/mol. The number of hydrogen-bond acceptors (Lipinski definition) is 3. The van der Waals surface area contributed by atoms with Crippen molar-refractivity contribution in [1.82, 2.24) is 4.98 Å². The molecule has 1 aromatic carbocycles. The van der Waals surface area contributed by atoms with E-state index < -0.39 is 11.7 Å². The van der Waals surface area contributed by atoms with Gasteiger partial charge in [-0.25, -0.2) is 4.98 Å². The van der Waals surface area contributed by atoms with Crippen molar-refractivity contribution >= 4 is 17.6 Å². The predicted molar refractivity (Wildman–Crippen MR) is 62.3 cm³/mol. The zero-order valence-corrected chi connectivity index (χ0v) is 9.89. The molecule has 0 bridgehead atoms. The van der Waals surface area contributed by atoms with Gasteiger partial charge in [-0.15, -0.1) is 11.3 Å². The highest BCUT2D eigenvalue weighted by molar-refractivity contribution is 7.15. The van der Waals surface area contributed by atoms with E-state index in [1.54, 1.807) is 6.07 Å². The normalized spacial score (nSPS) is 11.5. The fourth-order valence-electron chi connectivity index (χ4n) is 1.45. The van der Waals surface area contributed by atoms with E-state index in [1.165, 1.54) is 23.6 Å². The quantitative estimate of drug-likeness (QED) is 0.799. The Morgan fingerprint density at radius 3 is 2.78 bits per heavy atom. The molecule has 1 aromatic heterocycles. The highest BCUT2D eigenvalue weighted by atomic mass is 32.1. The number of thiazole rings is 1. The molecule has 0 aliphatic rings. The summed E-state index contributed by atoms with van der Waals surface area (Å²) in [4.78, 5) is 15.1. The molecule has 2 nitrogen and oxygen atoms in total. The SMILES string of the molecule is O=CCc1cnc(-c2cccc(C(F)(F)F)c2)s1. The Kier molecular flexibility index (Phi) is 3.47. The lowest BCUT2D eigenvalue weighted by Gasteiger charge is -2.07. The molecule has 0 aliphatic carbocycles. The number of aldehydes is 1. The van der Waals surface area contributed by atoms with Crippen LogP contribution >= 0.6 is 11.3 Å². The Hall–Kier alpha value is -1.69. The first kappa shape index (κ1) is 12.8. The van der Waals surface area contributed by atoms with Crippen LogP contribution in [0.4, 0.5) is 13.2 Å². The van der Waals surface area contributed by atoms with Gasteiger partial charge >= 0.3 is 6.18 Å². The molecule has 0 saturated heterocycles. The van der Waals surface area contributed by atoms with Crippen molar-refractivity contribution in [3.63, 3.8) is 0 Å². The third-order valence-corrected chi connectivity index (χ3v) is 3.34. The first-order chi connectivity index (χ1) is 8.50. The van der Waals surface area contributed by atoms with Gasteiger partial charge in [-0.05, 0) is 12.1 Å². The Balaban J connectivity index is 2.35. The van der Waals surface area contributed by atoms with Crippen LogP contribution in [0.15, 0.2) is 30.5 Å². The topological polar surface area (TPSA) is 30.0 Å². The van der Waals surface area contributed by atoms with Crippen LogP contribution in [-0.2, 0) is 17.4 Å². The lowest BCUT2D eigenvalue weighted by Crippen LogP contribution is -2.04. The van der Waals surface area contributed by atoms with E-state index in [1.807, 2.05) is 0 Å². The van der Waals surface area contributed by atoms with Crippen molar-refractivity contribution in [3.8, 4) is 10.6 Å². The summed E-state index contributed by atoms with van der Waals surface area (Å²) in [6.45, 7) is 0. The molecular formula is C12H8F3NOS. The Morgan fingerprint density at radius 2 is 2.11 bits per heavy atom. The zero-order valence-electron chi connectivity index (χ0n) is 9.07. The van der Waals surface area contributed by atoms with E-state index >= 15 is 0 Å². The fraction of sp³-hybridized carbons (Fsp3) is 0.167. The van der Waals surface area contributed by atoms with Crippen LogP contribution in [0.25, 0.3) is 10.6 Å². The molecule has 0 atom stereocenters. The number of benzene rings is 1. The first-order valence-electron chi connectivity index (χ1n) is 5.06. The summed E-state index contributed by atoms with van der Waals surface area (Å²) in [7, 11) is 0. The summed E-state index contributed by atoms with van der Waals surface area (Å²) in [5, 5.41) is 0.484. The second-order valence-electron chi connectivity index (χ2n) is 3.58. The summed E-state index contributed by atoms with van der Waals surface area (Å²) in [6.07, 6.45) is -1.88. The van der Waals surface area contributed by atoms with Crippen molar-refractivity contribution in [2.75, 3.05) is 0 Å². The molecule has 1 heterocycles. The van der Waals surface area contributed by atoms with Crippen LogP contribution in [0.2, 0.25) is 0 Å². The second kappa shape index (κ2) is 4.89. The summed E-state index contributed by atoms with van der Waals surface area (Å²) in [6, 6.07) is 4.99. The third kappa shape index (κ3) is 2.76. The molecule has 0 unspecified atom stereocenters. The van der Waals surface area contributed by atoms with Crippen LogP contribution in [0.5, 0.6) is 0 Å². The minimum Gasteiger partial charge on any atom is -0.303 e. The summed E-state index contributed by atoms with van der Waals surface area (Å²) in [5.41, 5.74) is -0.292. The molecule has 2 aromatic rings. The van der Waals surface area contributed by atoms with Gasteiger partial charge in [0, 0.05) is 23.1 Å². The average Bonchev–Trinajstić information content (AvgIpc) is 2.77. The van der Waals surface area contributed by atoms with Gasteiger partial charge in [0.05, 0.1) is 5.56 Å². The number of hydrogen-bond donors (Lipinski definition) is 0. The van der Waals surface area contributed by atoms with Gasteiger partial charge in [-0.2, -0.15) is 13.2 Å². The Bertz CT molecular complexity index is 562. The molecule has 0 radical (unpaired) electrons. The summed E-state index contributed by atoms with van der Waals surface area (Å²) >= 11 is 1.22. The lowest BCUT2D eigenvalue weighted by atomic mass is 10.1. The predicted octanol–water partition coefficient (Wildman–Crippen LogP) is 3.57. The second-order valence-corrected chi connectivity index (χ2v) is 4.70. The molecule has 6 heteroatoms. The number of rotatable bonds is 3. The Labute approximate surface area is 105 Å². The molecular weight excluding hydrogens is 263 g/mol. The highest BCUT2D eigenvalue weighted by Crippen LogP contribution is 2.33. The number of nitrogens with zero attached hydrogens (tertiary/aromatic N) is 1. The third-order valence-electron chi connectivity index (χ3n) is 2.27. The minimum atomic E-state index is -4.36. The summed E-state index contributed by atoms with van der Waals surface area (Å²) < 4.78 is 37.6. The van der Waals surface area contributed by atoms with Crippen molar-refractivity contribution in [2.45, 2.75) is 12.6 Å². The van der Waals surface area contributed by atoms with Crippen LogP contribution in [-0.4, -0.2) is 11.3 Å². The molecule has 0 saturated carbocycles. The zero-order chi connectivity index (χ0) is 13.2. The summed E-state index contributed by atoms with van der Waals surface area (Å²) in [5.74, 6) is 0. The van der Waals surface area contributed by atoms with Crippen molar-refractivity contribution in [2.24, 2.45) is 0 Å². The minimum absolute atomic E-state index is 0.233. The first-order valence-corrected chi connectivity index (χ1v) is 5.88. The smallest absolute Gasteiger partial charge is 0.303 e. The average molecular weight is 271 g/mol. The van der Waals surface area contributed by atoms with Gasteiger partial charge in [0.2, 0.25) is 0 Å². The largest absolute Gasteiger partial charge is 0.416 e. The molecule has 0 spiro atoms. The van der Waals surface area contributed by atoms with Gasteiger partial charge in [0.15, 0.2) is 0 Å². The van der Waals surface area contributed by atoms with Gasteiger partial charge in [0.25, 0.3) is 0 Å². The van der Waals surface area contributed by atoms with Gasteiger partial charge in [-0.3, -0.25) is 0 Å². The molecule has 0 aliphatic heterocycles. The molecule has 18 heavy (non-hydrogen) atoms. The van der Waals surface area contributed by atoms with E-state index in [9.17, 15) is 18.0 Å². The van der Waals surface area contributed by atoms with E-state index in [0.717, 1.165) is 23.3 Å². The fourth-order valence-corrected chi connectivity index (χ4v) is 2.30. The van der Waals surface area contributed by atoms with Crippen LogP contribution in [0.3, 0.4) is 0 Å². The molecule has 0 fully saturated rings. The van der Waals surface area contributed by atoms with Crippen molar-refractivity contribution in [1.29, 1.82) is 0 Å². The van der Waals surface area contributed by atoms with Crippen molar-refractivity contribution in [3.05, 3.63) is 40.9 Å². The standard InChI is InChI=1S/C12H8F3NOS/c13-12(14,15)9-3-1-2-8(6-9)11-16-7-10(18-11)4-5-17/h1-3,5-7H,4H2. The van der Waals surface area contributed by atoms with Crippen molar-refractivity contribution < 1.29 is 18.0 Å². The maximum atomic E-state index is 12.5. The number of alkyl halides is 3. The van der Waals surface area contributed by atoms with Crippen LogP contribution in [0, 0.1) is 0 Å². The van der Waals surface area contributed by atoms with E-state index in [2.05, 4.69) is 4.98 Å². The molecule has 2 rings (SSSR count). The number of carbonyl (C=O) groups excluding carboxylic acids is 1. The van der Waals surface area contributed by atoms with Gasteiger partial charge < -0.3 is 4.79 Å². The lowest BCUT2D eigenvalue weighted by molar-refractivity contribution is -0.137. The maximum absolute atomic E-state index is 12.5. The molecule has 0 N–H and O–H groups in total. The van der Waals surface area contributed by atoms with E-state index in [4.69, 9.17) is 0 Å². The highest BCUT2D eigenvalue weighted by Gasteiger charge is 2.30. The van der Waals surface area contributed by atoms with E-state index in [-0.39, 0.29) is 6.42 Å². The molecule has 0 amide bonds. The number of halogens is 3. The number of aromatic nitrogens is 1. The van der Waals surface area contributed by atoms with E-state index in [0.29, 0.717) is 10.6 Å². The van der Waals surface area contributed by atoms with Gasteiger partial charge in [0.1, 0.15) is 11.3 Å². The Morgan fingerprint density at radius 1 is 1.33 bits per heavy atom. The van der Waals surface area contributed by atoms with Crippen LogP contribution in [0.1, 0.15) is 10.4 Å². The van der Waals surface area contributed by atoms with Crippen LogP contribution < -0.4 is 0 Å². The number of carbonyl (C=O) groups is 1. The molecule has 94 valence electrons.